The molecule has 0 aliphatic carbocycles. The van der Waals surface area contributed by atoms with Gasteiger partial charge in [-0.05, 0) is 29.8 Å². The van der Waals surface area contributed by atoms with Crippen LogP contribution >= 0.6 is 11.3 Å². The summed E-state index contributed by atoms with van der Waals surface area (Å²) in [6.07, 6.45) is 0. The maximum atomic E-state index is 13.0. The van der Waals surface area contributed by atoms with Gasteiger partial charge in [-0.1, -0.05) is 49.4 Å². The molecule has 2 aromatic carbocycles. The monoisotopic (exact) mass is 450 g/mol. The van der Waals surface area contributed by atoms with Crippen LogP contribution in [-0.4, -0.2) is 33.9 Å². The second-order valence-corrected chi connectivity index (χ2v) is 8.27. The van der Waals surface area contributed by atoms with Crippen molar-refractivity contribution in [2.45, 2.75) is 20.0 Å². The summed E-state index contributed by atoms with van der Waals surface area (Å²) in [5.74, 6) is 0.0663. The van der Waals surface area contributed by atoms with Gasteiger partial charge in [0, 0.05) is 17.5 Å². The molecule has 0 spiro atoms. The first-order chi connectivity index (χ1) is 15.5. The average Bonchev–Trinajstić information content (AvgIpc) is 3.23. The first-order valence-electron chi connectivity index (χ1n) is 10.3. The summed E-state index contributed by atoms with van der Waals surface area (Å²) in [5.41, 5.74) is 2.50. The fourth-order valence-corrected chi connectivity index (χ4v) is 4.42. The highest BCUT2D eigenvalue weighted by atomic mass is 32.1. The summed E-state index contributed by atoms with van der Waals surface area (Å²) in [5, 5.41) is 5.38. The van der Waals surface area contributed by atoms with Crippen LogP contribution in [0.25, 0.3) is 21.3 Å². The molecule has 0 saturated heterocycles. The molecule has 0 bridgehead atoms. The van der Waals surface area contributed by atoms with Crippen molar-refractivity contribution in [3.8, 4) is 11.1 Å². The van der Waals surface area contributed by atoms with Crippen LogP contribution in [0.4, 0.5) is 4.39 Å². The van der Waals surface area contributed by atoms with Crippen LogP contribution in [0, 0.1) is 5.82 Å². The molecule has 2 aromatic heterocycles. The molecule has 4 aromatic rings. The van der Waals surface area contributed by atoms with Gasteiger partial charge in [-0.15, -0.1) is 11.3 Å². The van der Waals surface area contributed by atoms with Crippen LogP contribution in [-0.2, 0) is 17.9 Å². The minimum atomic E-state index is -0.308. The van der Waals surface area contributed by atoms with Crippen molar-refractivity contribution in [2.75, 3.05) is 13.1 Å². The molecular weight excluding hydrogens is 427 g/mol. The molecule has 0 radical (unpaired) electrons. The zero-order valence-electron chi connectivity index (χ0n) is 17.6. The minimum Gasteiger partial charge on any atom is -0.351 e. The van der Waals surface area contributed by atoms with E-state index >= 15 is 0 Å². The summed E-state index contributed by atoms with van der Waals surface area (Å²) in [6, 6.07) is 15.8. The highest BCUT2D eigenvalue weighted by molar-refractivity contribution is 7.17. The lowest BCUT2D eigenvalue weighted by atomic mass is 10.1. The van der Waals surface area contributed by atoms with E-state index < -0.39 is 0 Å². The number of halogens is 1. The van der Waals surface area contributed by atoms with Gasteiger partial charge in [0.1, 0.15) is 16.5 Å². The molecule has 0 aliphatic heterocycles. The average molecular weight is 451 g/mol. The Kier molecular flexibility index (Phi) is 6.72. The van der Waals surface area contributed by atoms with Gasteiger partial charge in [-0.2, -0.15) is 0 Å². The Labute approximate surface area is 188 Å². The zero-order valence-corrected chi connectivity index (χ0v) is 18.4. The third kappa shape index (κ3) is 5.09. The van der Waals surface area contributed by atoms with Crippen LogP contribution in [0.2, 0.25) is 0 Å². The Morgan fingerprint density at radius 1 is 1.16 bits per heavy atom. The number of carbonyl (C=O) groups excluding carboxylic acids is 1. The van der Waals surface area contributed by atoms with E-state index in [2.05, 4.69) is 15.3 Å². The number of fused-ring (bicyclic) bond motifs is 1. The van der Waals surface area contributed by atoms with Crippen molar-refractivity contribution in [2.24, 2.45) is 0 Å². The van der Waals surface area contributed by atoms with E-state index in [1.807, 2.05) is 47.5 Å². The lowest BCUT2D eigenvalue weighted by Gasteiger charge is -2.19. The van der Waals surface area contributed by atoms with E-state index in [1.54, 1.807) is 12.1 Å². The molecule has 6 nitrogen and oxygen atoms in total. The SMILES string of the molecule is CCN(CC(=O)NCc1ccc(F)cc1)Cc1nc2scc(-c3ccccc3)c2c(=O)[nH]1. The largest absolute Gasteiger partial charge is 0.351 e. The Bertz CT molecular complexity index is 1270. The summed E-state index contributed by atoms with van der Waals surface area (Å²) in [7, 11) is 0. The van der Waals surface area contributed by atoms with E-state index in [1.165, 1.54) is 23.5 Å². The Hall–Kier alpha value is -3.36. The summed E-state index contributed by atoms with van der Waals surface area (Å²) < 4.78 is 13.0. The number of aromatic nitrogens is 2. The number of hydrogen-bond donors (Lipinski definition) is 2. The van der Waals surface area contributed by atoms with E-state index in [9.17, 15) is 14.0 Å². The number of amides is 1. The predicted octanol–water partition coefficient (Wildman–Crippen LogP) is 3.93. The van der Waals surface area contributed by atoms with Crippen molar-refractivity contribution < 1.29 is 9.18 Å². The van der Waals surface area contributed by atoms with Gasteiger partial charge < -0.3 is 10.3 Å². The van der Waals surface area contributed by atoms with Crippen molar-refractivity contribution in [3.05, 3.63) is 87.5 Å². The quantitative estimate of drug-likeness (QED) is 0.426. The molecular formula is C24H23FN4O2S. The van der Waals surface area contributed by atoms with Crippen LogP contribution in [0.5, 0.6) is 0 Å². The number of nitrogens with zero attached hydrogens (tertiary/aromatic N) is 2. The number of likely N-dealkylation sites (N-methyl/N-ethyl adjacent to an activating group) is 1. The standard InChI is InChI=1S/C24H23FN4O2S/c1-2-29(14-21(30)26-12-16-8-10-18(25)11-9-16)13-20-27-23(31)22-19(15-32-24(22)28-20)17-6-4-3-5-7-17/h3-11,15H,2,12-14H2,1H3,(H,26,30)(H,27,28,31). The van der Waals surface area contributed by atoms with Crippen LogP contribution < -0.4 is 10.9 Å². The number of rotatable bonds is 8. The molecule has 164 valence electrons. The highest BCUT2D eigenvalue weighted by Gasteiger charge is 2.15. The zero-order chi connectivity index (χ0) is 22.5. The third-order valence-electron chi connectivity index (χ3n) is 5.17. The topological polar surface area (TPSA) is 78.1 Å². The number of H-pyrrole nitrogens is 1. The van der Waals surface area contributed by atoms with Crippen LogP contribution in [0.1, 0.15) is 18.3 Å². The number of nitrogens with one attached hydrogen (secondary N) is 2. The molecule has 2 N–H and O–H groups in total. The fourth-order valence-electron chi connectivity index (χ4n) is 3.45. The van der Waals surface area contributed by atoms with Crippen LogP contribution in [0.15, 0.2) is 64.8 Å². The van der Waals surface area contributed by atoms with Crippen LogP contribution in [0.3, 0.4) is 0 Å². The van der Waals surface area contributed by atoms with Gasteiger partial charge in [-0.3, -0.25) is 14.5 Å². The predicted molar refractivity (Wildman–Crippen MR) is 125 cm³/mol. The second kappa shape index (κ2) is 9.84. The maximum absolute atomic E-state index is 13.0. The molecule has 4 rings (SSSR count). The summed E-state index contributed by atoms with van der Waals surface area (Å²) >= 11 is 1.44. The molecule has 32 heavy (non-hydrogen) atoms. The molecule has 8 heteroatoms. The normalized spacial score (nSPS) is 11.2. The Morgan fingerprint density at radius 2 is 1.91 bits per heavy atom. The van der Waals surface area contributed by atoms with Crippen molar-refractivity contribution in [1.29, 1.82) is 0 Å². The smallest absolute Gasteiger partial charge is 0.260 e. The number of carbonyl (C=O) groups is 1. The van der Waals surface area contributed by atoms with Gasteiger partial charge >= 0.3 is 0 Å². The number of thiophene rings is 1. The maximum Gasteiger partial charge on any atom is 0.260 e. The lowest BCUT2D eigenvalue weighted by molar-refractivity contribution is -0.122. The number of hydrogen-bond acceptors (Lipinski definition) is 5. The van der Waals surface area contributed by atoms with E-state index in [0.717, 1.165) is 16.7 Å². The number of aromatic amines is 1. The second-order valence-electron chi connectivity index (χ2n) is 7.41. The van der Waals surface area contributed by atoms with Gasteiger partial charge in [0.25, 0.3) is 5.56 Å². The molecule has 0 fully saturated rings. The molecule has 1 amide bonds. The van der Waals surface area contributed by atoms with Gasteiger partial charge in [0.05, 0.1) is 18.5 Å². The molecule has 0 atom stereocenters. The van der Waals surface area contributed by atoms with Crippen molar-refractivity contribution >= 4 is 27.5 Å². The highest BCUT2D eigenvalue weighted by Crippen LogP contribution is 2.30. The van der Waals surface area contributed by atoms with Crippen molar-refractivity contribution in [1.82, 2.24) is 20.2 Å². The molecule has 2 heterocycles. The first-order valence-corrected chi connectivity index (χ1v) is 11.2. The van der Waals surface area contributed by atoms with E-state index in [4.69, 9.17) is 0 Å². The van der Waals surface area contributed by atoms with Gasteiger partial charge in [0.2, 0.25) is 5.91 Å². The van der Waals surface area contributed by atoms with E-state index in [-0.39, 0.29) is 23.8 Å². The molecule has 0 aliphatic rings. The fraction of sp³-hybridized carbons (Fsp3) is 0.208. The van der Waals surface area contributed by atoms with Gasteiger partial charge in [0.15, 0.2) is 0 Å². The van der Waals surface area contributed by atoms with E-state index in [0.29, 0.717) is 35.7 Å². The Morgan fingerprint density at radius 3 is 2.62 bits per heavy atom. The minimum absolute atomic E-state index is 0.151. The Balaban J connectivity index is 1.43. The summed E-state index contributed by atoms with van der Waals surface area (Å²) in [4.78, 5) is 35.3. The lowest BCUT2D eigenvalue weighted by Crippen LogP contribution is -2.37. The molecule has 0 unspecified atom stereocenters. The van der Waals surface area contributed by atoms with Gasteiger partial charge in [-0.25, -0.2) is 9.37 Å². The van der Waals surface area contributed by atoms with Crippen molar-refractivity contribution in [3.63, 3.8) is 0 Å². The number of benzene rings is 2. The first kappa shape index (κ1) is 21.9. The third-order valence-corrected chi connectivity index (χ3v) is 6.04. The molecule has 0 saturated carbocycles. The summed E-state index contributed by atoms with van der Waals surface area (Å²) in [6.45, 7) is 3.41.